The normalized spacial score (nSPS) is 27.6. The number of nitrogen functional groups attached to an aromatic ring is 1. The molecule has 7 heteroatoms. The minimum Gasteiger partial charge on any atom is -0.398 e. The number of rotatable bonds is 2. The van der Waals surface area contributed by atoms with Gasteiger partial charge in [0.1, 0.15) is 10.7 Å². The van der Waals surface area contributed by atoms with Crippen LogP contribution in [-0.4, -0.2) is 38.0 Å². The van der Waals surface area contributed by atoms with Crippen LogP contribution in [0.5, 0.6) is 0 Å². The first-order chi connectivity index (χ1) is 8.96. The number of hydrogen-bond acceptors (Lipinski definition) is 4. The zero-order valence-electron chi connectivity index (χ0n) is 10.3. The van der Waals surface area contributed by atoms with Gasteiger partial charge in [0.25, 0.3) is 0 Å². The third kappa shape index (κ3) is 2.22. The molecule has 0 amide bonds. The van der Waals surface area contributed by atoms with Gasteiger partial charge in [-0.2, -0.15) is 4.31 Å². The molecule has 2 aliphatic heterocycles. The minimum atomic E-state index is -3.67. The van der Waals surface area contributed by atoms with E-state index in [1.54, 1.807) is 0 Å². The van der Waals surface area contributed by atoms with Crippen molar-refractivity contribution >= 4 is 15.7 Å². The SMILES string of the molecule is Nc1cc(F)ccc1S(=O)(=O)N1CC2CCC(C1)O2. The fourth-order valence-electron chi connectivity index (χ4n) is 2.67. The molecule has 2 unspecified atom stereocenters. The minimum absolute atomic E-state index is 0.0322. The maximum atomic E-state index is 13.0. The molecule has 3 rings (SSSR count). The van der Waals surface area contributed by atoms with Crippen LogP contribution in [-0.2, 0) is 14.8 Å². The lowest BCUT2D eigenvalue weighted by molar-refractivity contribution is -0.0114. The Morgan fingerprint density at radius 3 is 2.47 bits per heavy atom. The standard InChI is InChI=1S/C12H15FN2O3S/c13-8-1-4-12(11(14)5-8)19(16,17)15-6-9-2-3-10(7-15)18-9/h1,4-5,9-10H,2-3,6-7,14H2. The van der Waals surface area contributed by atoms with Crippen molar-refractivity contribution in [2.45, 2.75) is 29.9 Å². The van der Waals surface area contributed by atoms with Gasteiger partial charge in [0, 0.05) is 13.1 Å². The van der Waals surface area contributed by atoms with Crippen LogP contribution < -0.4 is 5.73 Å². The first-order valence-electron chi connectivity index (χ1n) is 6.17. The van der Waals surface area contributed by atoms with Crippen molar-refractivity contribution in [1.82, 2.24) is 4.31 Å². The molecular formula is C12H15FN2O3S. The number of halogens is 1. The largest absolute Gasteiger partial charge is 0.398 e. The van der Waals surface area contributed by atoms with E-state index in [4.69, 9.17) is 10.5 Å². The predicted octanol–water partition coefficient (Wildman–Crippen LogP) is 0.960. The number of hydrogen-bond donors (Lipinski definition) is 1. The number of fused-ring (bicyclic) bond motifs is 2. The van der Waals surface area contributed by atoms with E-state index in [2.05, 4.69) is 0 Å². The van der Waals surface area contributed by atoms with Crippen LogP contribution in [0.4, 0.5) is 10.1 Å². The van der Waals surface area contributed by atoms with Crippen LogP contribution in [0.2, 0.25) is 0 Å². The van der Waals surface area contributed by atoms with E-state index in [-0.39, 0.29) is 22.8 Å². The Morgan fingerprint density at radius 1 is 1.26 bits per heavy atom. The molecule has 5 nitrogen and oxygen atoms in total. The molecule has 104 valence electrons. The van der Waals surface area contributed by atoms with Gasteiger partial charge in [-0.05, 0) is 31.0 Å². The highest BCUT2D eigenvalue weighted by atomic mass is 32.2. The predicted molar refractivity (Wildman–Crippen MR) is 67.5 cm³/mol. The van der Waals surface area contributed by atoms with Crippen molar-refractivity contribution in [3.05, 3.63) is 24.0 Å². The summed E-state index contributed by atoms with van der Waals surface area (Å²) in [5.74, 6) is -0.543. The molecule has 0 spiro atoms. The number of morpholine rings is 1. The monoisotopic (exact) mass is 286 g/mol. The van der Waals surface area contributed by atoms with E-state index in [1.165, 1.54) is 10.4 Å². The lowest BCUT2D eigenvalue weighted by Crippen LogP contribution is -2.45. The summed E-state index contributed by atoms with van der Waals surface area (Å²) in [5, 5.41) is 0. The molecule has 2 fully saturated rings. The fraction of sp³-hybridized carbons (Fsp3) is 0.500. The lowest BCUT2D eigenvalue weighted by Gasteiger charge is -2.31. The van der Waals surface area contributed by atoms with Gasteiger partial charge in [-0.25, -0.2) is 12.8 Å². The van der Waals surface area contributed by atoms with Crippen LogP contribution in [0.1, 0.15) is 12.8 Å². The molecule has 2 aliphatic rings. The van der Waals surface area contributed by atoms with Gasteiger partial charge in [-0.15, -0.1) is 0 Å². The van der Waals surface area contributed by atoms with Crippen molar-refractivity contribution in [2.75, 3.05) is 18.8 Å². The number of ether oxygens (including phenoxy) is 1. The smallest absolute Gasteiger partial charge is 0.245 e. The van der Waals surface area contributed by atoms with E-state index >= 15 is 0 Å². The van der Waals surface area contributed by atoms with Crippen LogP contribution in [0.3, 0.4) is 0 Å². The van der Waals surface area contributed by atoms with Gasteiger partial charge in [-0.3, -0.25) is 0 Å². The summed E-state index contributed by atoms with van der Waals surface area (Å²) in [6.07, 6.45) is 1.70. The molecule has 0 radical (unpaired) electrons. The topological polar surface area (TPSA) is 72.6 Å². The zero-order valence-corrected chi connectivity index (χ0v) is 11.1. The van der Waals surface area contributed by atoms with Gasteiger partial charge in [0.05, 0.1) is 17.9 Å². The molecule has 2 saturated heterocycles. The Labute approximate surface area is 111 Å². The second-order valence-electron chi connectivity index (χ2n) is 4.96. The molecule has 1 aromatic rings. The Kier molecular flexibility index (Phi) is 2.99. The van der Waals surface area contributed by atoms with E-state index in [0.29, 0.717) is 13.1 Å². The van der Waals surface area contributed by atoms with Crippen LogP contribution in [0.15, 0.2) is 23.1 Å². The van der Waals surface area contributed by atoms with Crippen molar-refractivity contribution in [3.8, 4) is 0 Å². The Hall–Kier alpha value is -1.18. The summed E-state index contributed by atoms with van der Waals surface area (Å²) in [6, 6.07) is 3.36. The van der Waals surface area contributed by atoms with E-state index < -0.39 is 15.8 Å². The molecule has 2 N–H and O–H groups in total. The fourth-order valence-corrected chi connectivity index (χ4v) is 4.27. The average Bonchev–Trinajstić information content (AvgIpc) is 2.67. The highest BCUT2D eigenvalue weighted by Crippen LogP contribution is 2.31. The number of nitrogens with zero attached hydrogens (tertiary/aromatic N) is 1. The summed E-state index contributed by atoms with van der Waals surface area (Å²) in [4.78, 5) is -0.0322. The summed E-state index contributed by atoms with van der Waals surface area (Å²) in [6.45, 7) is 0.686. The molecular weight excluding hydrogens is 271 g/mol. The van der Waals surface area contributed by atoms with E-state index in [1.807, 2.05) is 0 Å². The number of benzene rings is 1. The zero-order chi connectivity index (χ0) is 13.6. The Bertz CT molecular complexity index is 593. The van der Waals surface area contributed by atoms with Crippen molar-refractivity contribution < 1.29 is 17.5 Å². The highest BCUT2D eigenvalue weighted by Gasteiger charge is 2.39. The lowest BCUT2D eigenvalue weighted by atomic mass is 10.2. The third-order valence-corrected chi connectivity index (χ3v) is 5.51. The van der Waals surface area contributed by atoms with Crippen molar-refractivity contribution in [3.63, 3.8) is 0 Å². The number of anilines is 1. The molecule has 0 aromatic heterocycles. The maximum Gasteiger partial charge on any atom is 0.245 e. The quantitative estimate of drug-likeness (QED) is 0.822. The van der Waals surface area contributed by atoms with E-state index in [9.17, 15) is 12.8 Å². The number of sulfonamides is 1. The molecule has 0 saturated carbocycles. The maximum absolute atomic E-state index is 13.0. The van der Waals surface area contributed by atoms with Gasteiger partial charge >= 0.3 is 0 Å². The first-order valence-corrected chi connectivity index (χ1v) is 7.61. The molecule has 2 bridgehead atoms. The van der Waals surface area contributed by atoms with Gasteiger partial charge in [-0.1, -0.05) is 0 Å². The van der Waals surface area contributed by atoms with E-state index in [0.717, 1.165) is 25.0 Å². The van der Waals surface area contributed by atoms with Crippen LogP contribution in [0, 0.1) is 5.82 Å². The van der Waals surface area contributed by atoms with Crippen LogP contribution in [0.25, 0.3) is 0 Å². The summed E-state index contributed by atoms with van der Waals surface area (Å²) in [5.41, 5.74) is 5.57. The second kappa shape index (κ2) is 4.43. The molecule has 2 heterocycles. The summed E-state index contributed by atoms with van der Waals surface area (Å²) < 4.78 is 45.0. The Balaban J connectivity index is 1.94. The Morgan fingerprint density at radius 2 is 1.89 bits per heavy atom. The van der Waals surface area contributed by atoms with Crippen molar-refractivity contribution in [2.24, 2.45) is 0 Å². The molecule has 2 atom stereocenters. The molecule has 1 aromatic carbocycles. The number of nitrogens with two attached hydrogens (primary N) is 1. The molecule has 19 heavy (non-hydrogen) atoms. The van der Waals surface area contributed by atoms with Crippen molar-refractivity contribution in [1.29, 1.82) is 0 Å². The van der Waals surface area contributed by atoms with Gasteiger partial charge in [0.15, 0.2) is 0 Å². The van der Waals surface area contributed by atoms with Gasteiger partial charge < -0.3 is 10.5 Å². The summed E-state index contributed by atoms with van der Waals surface area (Å²) >= 11 is 0. The average molecular weight is 286 g/mol. The van der Waals surface area contributed by atoms with Gasteiger partial charge in [0.2, 0.25) is 10.0 Å². The highest BCUT2D eigenvalue weighted by molar-refractivity contribution is 7.89. The van der Waals surface area contributed by atoms with Crippen LogP contribution >= 0.6 is 0 Å². The first kappa shape index (κ1) is 12.8. The third-order valence-electron chi connectivity index (χ3n) is 3.60. The molecule has 0 aliphatic carbocycles. The second-order valence-corrected chi connectivity index (χ2v) is 6.87. The summed E-state index contributed by atoms with van der Waals surface area (Å²) in [7, 11) is -3.67.